The van der Waals surface area contributed by atoms with E-state index >= 15 is 0 Å². The van der Waals surface area contributed by atoms with E-state index in [1.165, 1.54) is 32.1 Å². The highest BCUT2D eigenvalue weighted by atomic mass is 32.2. The van der Waals surface area contributed by atoms with Gasteiger partial charge in [0.1, 0.15) is 23.1 Å². The average Bonchev–Trinajstić information content (AvgIpc) is 2.88. The molecule has 3 aromatic carbocycles. The van der Waals surface area contributed by atoms with Crippen molar-refractivity contribution in [2.75, 3.05) is 20.0 Å². The number of hydrogen-bond acceptors (Lipinski definition) is 6. The predicted octanol–water partition coefficient (Wildman–Crippen LogP) is 6.79. The van der Waals surface area contributed by atoms with E-state index in [9.17, 15) is 9.59 Å². The topological polar surface area (TPSA) is 61.8 Å². The Labute approximate surface area is 211 Å². The summed E-state index contributed by atoms with van der Waals surface area (Å²) in [5.74, 6) is 3.12. The largest absolute Gasteiger partial charge is 0.493 e. The van der Waals surface area contributed by atoms with Gasteiger partial charge in [-0.2, -0.15) is 11.8 Å². The van der Waals surface area contributed by atoms with Gasteiger partial charge >= 0.3 is 0 Å². The van der Waals surface area contributed by atoms with Crippen LogP contribution in [0.1, 0.15) is 44.1 Å². The van der Waals surface area contributed by atoms with E-state index in [4.69, 9.17) is 14.2 Å². The van der Waals surface area contributed by atoms with Gasteiger partial charge in [-0.1, -0.05) is 43.5 Å². The molecule has 1 saturated carbocycles. The second-order valence-corrected chi connectivity index (χ2v) is 10.2. The summed E-state index contributed by atoms with van der Waals surface area (Å²) < 4.78 is 17.0. The number of thioether (sulfide) groups is 1. The van der Waals surface area contributed by atoms with Gasteiger partial charge in [-0.3, -0.25) is 9.59 Å². The summed E-state index contributed by atoms with van der Waals surface area (Å²) in [5, 5.41) is 2.47. The summed E-state index contributed by atoms with van der Waals surface area (Å²) in [5.41, 5.74) is 0.874. The van der Waals surface area contributed by atoms with Crippen LogP contribution in [0.2, 0.25) is 0 Å². The number of benzene rings is 3. The van der Waals surface area contributed by atoms with Crippen molar-refractivity contribution in [1.29, 1.82) is 0 Å². The van der Waals surface area contributed by atoms with E-state index in [1.54, 1.807) is 26.0 Å². The van der Waals surface area contributed by atoms with Gasteiger partial charge in [0.2, 0.25) is 0 Å². The van der Waals surface area contributed by atoms with Crippen molar-refractivity contribution in [3.05, 3.63) is 60.2 Å². The highest BCUT2D eigenvalue weighted by Crippen LogP contribution is 2.37. The summed E-state index contributed by atoms with van der Waals surface area (Å²) >= 11 is 1.73. The summed E-state index contributed by atoms with van der Waals surface area (Å²) in [6.45, 7) is 0. The van der Waals surface area contributed by atoms with Gasteiger partial charge in [-0.15, -0.1) is 0 Å². The molecule has 0 radical (unpaired) electrons. The van der Waals surface area contributed by atoms with E-state index in [2.05, 4.69) is 0 Å². The molecule has 0 heterocycles. The van der Waals surface area contributed by atoms with Crippen LogP contribution in [-0.2, 0) is 16.0 Å². The molecule has 0 saturated heterocycles. The maximum absolute atomic E-state index is 12.4. The summed E-state index contributed by atoms with van der Waals surface area (Å²) in [6.07, 6.45) is 6.48. The fourth-order valence-electron chi connectivity index (χ4n) is 4.47. The van der Waals surface area contributed by atoms with E-state index < -0.39 is 0 Å². The zero-order valence-electron chi connectivity index (χ0n) is 20.4. The van der Waals surface area contributed by atoms with Crippen LogP contribution < -0.4 is 14.2 Å². The monoisotopic (exact) mass is 492 g/mol. The van der Waals surface area contributed by atoms with Gasteiger partial charge in [0.25, 0.3) is 0 Å². The minimum Gasteiger partial charge on any atom is -0.493 e. The Morgan fingerprint density at radius 3 is 2.29 bits per heavy atom. The van der Waals surface area contributed by atoms with Crippen LogP contribution in [0.5, 0.6) is 23.0 Å². The zero-order valence-corrected chi connectivity index (χ0v) is 21.2. The number of hydrogen-bond donors (Lipinski definition) is 0. The molecule has 184 valence electrons. The Kier molecular flexibility index (Phi) is 8.69. The third kappa shape index (κ3) is 6.79. The molecule has 0 spiro atoms. The molecular formula is C29H32O5S. The van der Waals surface area contributed by atoms with E-state index in [-0.39, 0.29) is 24.4 Å². The van der Waals surface area contributed by atoms with Crippen LogP contribution in [0, 0.1) is 0 Å². The molecule has 1 aliphatic carbocycles. The first-order chi connectivity index (χ1) is 17.1. The van der Waals surface area contributed by atoms with E-state index in [1.807, 2.05) is 54.6 Å². The van der Waals surface area contributed by atoms with Crippen molar-refractivity contribution in [3.63, 3.8) is 0 Å². The van der Waals surface area contributed by atoms with E-state index in [0.717, 1.165) is 16.3 Å². The molecule has 1 aliphatic rings. The second kappa shape index (κ2) is 12.1. The first-order valence-electron chi connectivity index (χ1n) is 12.1. The number of Topliss-reactive ketones (excluding diaryl/α,β-unsaturated/α-hetero) is 2. The second-order valence-electron chi connectivity index (χ2n) is 8.93. The lowest BCUT2D eigenvalue weighted by atomic mass is 10.0. The lowest BCUT2D eigenvalue weighted by molar-refractivity contribution is -0.125. The molecule has 35 heavy (non-hydrogen) atoms. The minimum absolute atomic E-state index is 0.0132. The van der Waals surface area contributed by atoms with Gasteiger partial charge in [0, 0.05) is 17.1 Å². The Balaban J connectivity index is 1.34. The average molecular weight is 493 g/mol. The first kappa shape index (κ1) is 25.1. The van der Waals surface area contributed by atoms with Crippen LogP contribution >= 0.6 is 11.8 Å². The number of methoxy groups -OCH3 is 2. The molecular weight excluding hydrogens is 460 g/mol. The first-order valence-corrected chi connectivity index (χ1v) is 13.2. The molecule has 3 aromatic rings. The fourth-order valence-corrected chi connectivity index (χ4v) is 5.66. The standard InChI is InChI=1S/C29H32O5S/c1-32-28-16-21-7-6-10-27(26(21)18-29(28)33-2)34-24-13-11-20(12-14-24)15-22(30)17-23(31)19-35-25-8-4-3-5-9-25/h6-7,10-14,16,18,25H,3-5,8-9,15,17,19H2,1-2H3. The third-order valence-corrected chi connectivity index (χ3v) is 7.76. The highest BCUT2D eigenvalue weighted by molar-refractivity contribution is 8.00. The lowest BCUT2D eigenvalue weighted by Gasteiger charge is -2.20. The smallest absolute Gasteiger partial charge is 0.161 e. The van der Waals surface area contributed by atoms with Crippen molar-refractivity contribution >= 4 is 34.1 Å². The summed E-state index contributed by atoms with van der Waals surface area (Å²) in [7, 11) is 3.22. The summed E-state index contributed by atoms with van der Waals surface area (Å²) in [4.78, 5) is 24.7. The highest BCUT2D eigenvalue weighted by Gasteiger charge is 2.17. The predicted molar refractivity (Wildman–Crippen MR) is 141 cm³/mol. The lowest BCUT2D eigenvalue weighted by Crippen LogP contribution is -2.15. The summed E-state index contributed by atoms with van der Waals surface area (Å²) in [6, 6.07) is 17.1. The van der Waals surface area contributed by atoms with Crippen molar-refractivity contribution in [2.45, 2.75) is 50.2 Å². The van der Waals surface area contributed by atoms with Crippen molar-refractivity contribution in [1.82, 2.24) is 0 Å². The Morgan fingerprint density at radius 1 is 0.857 bits per heavy atom. The van der Waals surface area contributed by atoms with Gasteiger partial charge in [-0.05, 0) is 54.1 Å². The number of ketones is 2. The third-order valence-electron chi connectivity index (χ3n) is 6.32. The fraction of sp³-hybridized carbons (Fsp3) is 0.379. The molecule has 0 N–H and O–H groups in total. The number of rotatable bonds is 11. The number of carbonyl (C=O) groups is 2. The van der Waals surface area contributed by atoms with Crippen molar-refractivity contribution in [3.8, 4) is 23.0 Å². The quantitative estimate of drug-likeness (QED) is 0.275. The van der Waals surface area contributed by atoms with Crippen LogP contribution in [0.3, 0.4) is 0 Å². The molecule has 6 heteroatoms. The number of carbonyl (C=O) groups excluding carboxylic acids is 2. The normalized spacial score (nSPS) is 14.0. The maximum atomic E-state index is 12.4. The Morgan fingerprint density at radius 2 is 1.57 bits per heavy atom. The van der Waals surface area contributed by atoms with Crippen LogP contribution in [0.4, 0.5) is 0 Å². The molecule has 0 aromatic heterocycles. The van der Waals surface area contributed by atoms with Crippen LogP contribution in [-0.4, -0.2) is 36.8 Å². The molecule has 0 bridgehead atoms. The molecule has 0 unspecified atom stereocenters. The number of fused-ring (bicyclic) bond motifs is 1. The van der Waals surface area contributed by atoms with Crippen LogP contribution in [0.15, 0.2) is 54.6 Å². The van der Waals surface area contributed by atoms with Crippen molar-refractivity contribution < 1.29 is 23.8 Å². The van der Waals surface area contributed by atoms with Gasteiger partial charge in [0.15, 0.2) is 11.5 Å². The molecule has 0 atom stereocenters. The Hall–Kier alpha value is -2.99. The molecule has 0 amide bonds. The molecule has 0 aliphatic heterocycles. The molecule has 1 fully saturated rings. The van der Waals surface area contributed by atoms with Gasteiger partial charge < -0.3 is 14.2 Å². The van der Waals surface area contributed by atoms with Crippen molar-refractivity contribution in [2.24, 2.45) is 0 Å². The molecule has 4 rings (SSSR count). The Bertz CT molecular complexity index is 1170. The SMILES string of the molecule is COc1cc2cccc(Oc3ccc(CC(=O)CC(=O)CSC4CCCCC4)cc3)c2cc1OC. The molecule has 5 nitrogen and oxygen atoms in total. The maximum Gasteiger partial charge on any atom is 0.161 e. The van der Waals surface area contributed by atoms with Gasteiger partial charge in [0.05, 0.1) is 26.4 Å². The van der Waals surface area contributed by atoms with Crippen LogP contribution in [0.25, 0.3) is 10.8 Å². The minimum atomic E-state index is -0.0389. The number of ether oxygens (including phenoxy) is 3. The van der Waals surface area contributed by atoms with Gasteiger partial charge in [-0.25, -0.2) is 0 Å². The van der Waals surface area contributed by atoms with E-state index in [0.29, 0.717) is 34.0 Å². The zero-order chi connectivity index (χ0) is 24.6.